The molecule has 0 saturated carbocycles. The fraction of sp³-hybridized carbons (Fsp3) is 0.500. The summed E-state index contributed by atoms with van der Waals surface area (Å²) in [6, 6.07) is 10.00. The molecule has 32 heavy (non-hydrogen) atoms. The zero-order valence-electron chi connectivity index (χ0n) is 19.7. The first-order valence-electron chi connectivity index (χ1n) is 11.3. The molecule has 2 aromatic rings. The van der Waals surface area contributed by atoms with Crippen LogP contribution in [0.1, 0.15) is 67.8 Å². The summed E-state index contributed by atoms with van der Waals surface area (Å²) in [7, 11) is 1.71. The van der Waals surface area contributed by atoms with Crippen LogP contribution in [0, 0.1) is 12.8 Å². The van der Waals surface area contributed by atoms with Crippen LogP contribution in [0.4, 0.5) is 0 Å². The van der Waals surface area contributed by atoms with Crippen LogP contribution in [0.2, 0.25) is 10.0 Å². The summed E-state index contributed by atoms with van der Waals surface area (Å²) in [5.74, 6) is 1.46. The molecule has 0 bridgehead atoms. The third-order valence-electron chi connectivity index (χ3n) is 6.41. The van der Waals surface area contributed by atoms with E-state index in [1.165, 1.54) is 5.56 Å². The van der Waals surface area contributed by atoms with Gasteiger partial charge in [-0.3, -0.25) is 9.69 Å². The maximum absolute atomic E-state index is 13.0. The van der Waals surface area contributed by atoms with Crippen molar-refractivity contribution in [3.05, 3.63) is 62.6 Å². The van der Waals surface area contributed by atoms with Crippen molar-refractivity contribution in [2.75, 3.05) is 20.2 Å². The Bertz CT molecular complexity index is 953. The number of methoxy groups -OCH3 is 1. The predicted molar refractivity (Wildman–Crippen MR) is 133 cm³/mol. The first-order chi connectivity index (χ1) is 15.2. The Hall–Kier alpha value is -1.75. The Labute approximate surface area is 202 Å². The van der Waals surface area contributed by atoms with Crippen molar-refractivity contribution >= 4 is 29.1 Å². The Morgan fingerprint density at radius 3 is 2.38 bits per heavy atom. The van der Waals surface area contributed by atoms with E-state index in [2.05, 4.69) is 50.0 Å². The summed E-state index contributed by atoms with van der Waals surface area (Å²) in [5.41, 5.74) is 4.60. The van der Waals surface area contributed by atoms with Crippen LogP contribution in [0.5, 0.6) is 5.75 Å². The SMILES string of the molecule is COc1cc(C)c([C@H](C)NC(=O)C2CCN(Cc3ccc(Cl)c(Cl)c3)CC2)cc1C(C)C. The lowest BCUT2D eigenvalue weighted by molar-refractivity contribution is -0.127. The van der Waals surface area contributed by atoms with Gasteiger partial charge >= 0.3 is 0 Å². The van der Waals surface area contributed by atoms with Crippen molar-refractivity contribution in [1.82, 2.24) is 10.2 Å². The number of likely N-dealkylation sites (tertiary alicyclic amines) is 1. The molecule has 1 amide bonds. The van der Waals surface area contributed by atoms with E-state index in [1.54, 1.807) is 7.11 Å². The second-order valence-corrected chi connectivity index (χ2v) is 9.95. The number of hydrogen-bond donors (Lipinski definition) is 1. The monoisotopic (exact) mass is 476 g/mol. The summed E-state index contributed by atoms with van der Waals surface area (Å²) < 4.78 is 5.56. The number of rotatable bonds is 7. The van der Waals surface area contributed by atoms with Crippen molar-refractivity contribution < 1.29 is 9.53 Å². The molecule has 2 aromatic carbocycles. The van der Waals surface area contributed by atoms with Gasteiger partial charge in [-0.05, 0) is 92.2 Å². The highest BCUT2D eigenvalue weighted by Crippen LogP contribution is 2.32. The average molecular weight is 477 g/mol. The molecule has 0 aromatic heterocycles. The van der Waals surface area contributed by atoms with Crippen LogP contribution in [-0.2, 0) is 11.3 Å². The number of amides is 1. The molecule has 1 heterocycles. The summed E-state index contributed by atoms with van der Waals surface area (Å²) in [6.07, 6.45) is 1.72. The van der Waals surface area contributed by atoms with Crippen LogP contribution >= 0.6 is 23.2 Å². The van der Waals surface area contributed by atoms with Crippen LogP contribution < -0.4 is 10.1 Å². The van der Waals surface area contributed by atoms with Crippen LogP contribution in [-0.4, -0.2) is 31.0 Å². The van der Waals surface area contributed by atoms with Crippen molar-refractivity contribution in [2.24, 2.45) is 5.92 Å². The lowest BCUT2D eigenvalue weighted by atomic mass is 9.92. The molecule has 0 spiro atoms. The number of halogens is 2. The smallest absolute Gasteiger partial charge is 0.223 e. The second-order valence-electron chi connectivity index (χ2n) is 9.13. The highest BCUT2D eigenvalue weighted by atomic mass is 35.5. The minimum atomic E-state index is -0.0415. The normalized spacial score (nSPS) is 16.2. The highest BCUT2D eigenvalue weighted by molar-refractivity contribution is 6.42. The lowest BCUT2D eigenvalue weighted by Crippen LogP contribution is -2.41. The molecule has 3 rings (SSSR count). The summed E-state index contributed by atoms with van der Waals surface area (Å²) in [5, 5.41) is 4.42. The molecular weight excluding hydrogens is 443 g/mol. The molecule has 0 aliphatic carbocycles. The Morgan fingerprint density at radius 2 is 1.78 bits per heavy atom. The first-order valence-corrected chi connectivity index (χ1v) is 12.1. The van der Waals surface area contributed by atoms with Gasteiger partial charge in [-0.25, -0.2) is 0 Å². The summed E-state index contributed by atoms with van der Waals surface area (Å²) >= 11 is 12.2. The van der Waals surface area contributed by atoms with E-state index < -0.39 is 0 Å². The molecule has 1 aliphatic heterocycles. The predicted octanol–water partition coefficient (Wildman–Crippen LogP) is 6.52. The molecule has 1 aliphatic rings. The molecule has 174 valence electrons. The fourth-order valence-corrected chi connectivity index (χ4v) is 4.79. The van der Waals surface area contributed by atoms with Gasteiger partial charge in [0, 0.05) is 12.5 Å². The standard InChI is InChI=1S/C26H34Cl2N2O2/c1-16(2)21-14-22(17(3)12-25(21)32-5)18(4)29-26(31)20-8-10-30(11-9-20)15-19-6-7-23(27)24(28)13-19/h6-7,12-14,16,18,20H,8-11,15H2,1-5H3,(H,29,31)/t18-/m0/s1. The number of nitrogens with one attached hydrogen (secondary N) is 1. The van der Waals surface area contributed by atoms with E-state index >= 15 is 0 Å². The number of aryl methyl sites for hydroxylation is 1. The van der Waals surface area contributed by atoms with E-state index in [0.717, 1.165) is 54.9 Å². The van der Waals surface area contributed by atoms with Gasteiger partial charge in [-0.1, -0.05) is 43.1 Å². The Morgan fingerprint density at radius 1 is 1.09 bits per heavy atom. The van der Waals surface area contributed by atoms with Gasteiger partial charge in [-0.2, -0.15) is 0 Å². The average Bonchev–Trinajstić information content (AvgIpc) is 2.76. The number of carbonyl (C=O) groups excluding carboxylic acids is 1. The largest absolute Gasteiger partial charge is 0.496 e. The summed E-state index contributed by atoms with van der Waals surface area (Å²) in [4.78, 5) is 15.4. The Balaban J connectivity index is 1.57. The van der Waals surface area contributed by atoms with Gasteiger partial charge in [-0.15, -0.1) is 0 Å². The van der Waals surface area contributed by atoms with E-state index in [9.17, 15) is 4.79 Å². The lowest BCUT2D eigenvalue weighted by Gasteiger charge is -2.32. The van der Waals surface area contributed by atoms with Crippen molar-refractivity contribution in [3.8, 4) is 5.75 Å². The highest BCUT2D eigenvalue weighted by Gasteiger charge is 2.26. The molecule has 4 nitrogen and oxygen atoms in total. The van der Waals surface area contributed by atoms with Gasteiger partial charge in [0.05, 0.1) is 23.2 Å². The zero-order chi connectivity index (χ0) is 23.4. The topological polar surface area (TPSA) is 41.6 Å². The van der Waals surface area contributed by atoms with Gasteiger partial charge < -0.3 is 10.1 Å². The van der Waals surface area contributed by atoms with E-state index in [1.807, 2.05) is 18.2 Å². The number of ether oxygens (including phenoxy) is 1. The number of piperidine rings is 1. The van der Waals surface area contributed by atoms with Gasteiger partial charge in [0.1, 0.15) is 5.75 Å². The number of nitrogens with zero attached hydrogens (tertiary/aromatic N) is 1. The Kier molecular flexibility index (Phi) is 8.49. The quantitative estimate of drug-likeness (QED) is 0.494. The number of benzene rings is 2. The molecule has 1 atom stereocenters. The van der Waals surface area contributed by atoms with Crippen molar-refractivity contribution in [1.29, 1.82) is 0 Å². The maximum Gasteiger partial charge on any atom is 0.223 e. The minimum Gasteiger partial charge on any atom is -0.496 e. The molecule has 0 unspecified atom stereocenters. The van der Waals surface area contributed by atoms with Crippen LogP contribution in [0.25, 0.3) is 0 Å². The third-order valence-corrected chi connectivity index (χ3v) is 7.15. The van der Waals surface area contributed by atoms with E-state index in [0.29, 0.717) is 16.0 Å². The molecular formula is C26H34Cl2N2O2. The maximum atomic E-state index is 13.0. The van der Waals surface area contributed by atoms with Gasteiger partial charge in [0.25, 0.3) is 0 Å². The molecule has 1 N–H and O–H groups in total. The molecule has 0 radical (unpaired) electrons. The summed E-state index contributed by atoms with van der Waals surface area (Å²) in [6.45, 7) is 11.1. The van der Waals surface area contributed by atoms with Crippen LogP contribution in [0.3, 0.4) is 0 Å². The van der Waals surface area contributed by atoms with Gasteiger partial charge in [0.15, 0.2) is 0 Å². The molecule has 1 fully saturated rings. The zero-order valence-corrected chi connectivity index (χ0v) is 21.2. The third kappa shape index (κ3) is 5.98. The molecule has 6 heteroatoms. The van der Waals surface area contributed by atoms with E-state index in [4.69, 9.17) is 27.9 Å². The first kappa shape index (κ1) is 24.9. The van der Waals surface area contributed by atoms with Gasteiger partial charge in [0.2, 0.25) is 5.91 Å². The number of hydrogen-bond acceptors (Lipinski definition) is 3. The second kappa shape index (κ2) is 10.9. The van der Waals surface area contributed by atoms with E-state index in [-0.39, 0.29) is 17.9 Å². The fourth-order valence-electron chi connectivity index (χ4n) is 4.47. The number of carbonyl (C=O) groups is 1. The van der Waals surface area contributed by atoms with Crippen molar-refractivity contribution in [3.63, 3.8) is 0 Å². The minimum absolute atomic E-state index is 0.0415. The van der Waals surface area contributed by atoms with Crippen LogP contribution in [0.15, 0.2) is 30.3 Å². The molecule has 1 saturated heterocycles. The van der Waals surface area contributed by atoms with Crippen molar-refractivity contribution in [2.45, 2.75) is 59.0 Å².